The molecule has 0 aliphatic carbocycles. The number of halogens is 1. The molecule has 0 saturated carbocycles. The second-order valence-electron chi connectivity index (χ2n) is 10.9. The normalized spacial score (nSPS) is 11.0. The van der Waals surface area contributed by atoms with E-state index in [0.717, 1.165) is 41.5 Å². The third kappa shape index (κ3) is 7.52. The fraction of sp³-hybridized carbons (Fsp3) is 0.257. The van der Waals surface area contributed by atoms with Gasteiger partial charge in [-0.1, -0.05) is 43.6 Å². The van der Waals surface area contributed by atoms with Crippen molar-refractivity contribution in [3.63, 3.8) is 0 Å². The third-order valence-electron chi connectivity index (χ3n) is 7.12. The van der Waals surface area contributed by atoms with E-state index in [4.69, 9.17) is 9.72 Å². The summed E-state index contributed by atoms with van der Waals surface area (Å²) in [5.74, 6) is 1.84. The predicted octanol–water partition coefficient (Wildman–Crippen LogP) is 9.33. The lowest BCUT2D eigenvalue weighted by molar-refractivity contribution is 0.102. The van der Waals surface area contributed by atoms with Crippen molar-refractivity contribution in [2.45, 2.75) is 46.5 Å². The van der Waals surface area contributed by atoms with Crippen LogP contribution >= 0.6 is 15.9 Å². The predicted molar refractivity (Wildman–Crippen MR) is 183 cm³/mol. The molecule has 226 valence electrons. The monoisotopic (exact) mass is 652 g/mol. The minimum atomic E-state index is -0.242. The summed E-state index contributed by atoms with van der Waals surface area (Å²) in [6.07, 6.45) is 3.66. The molecule has 0 aliphatic heterocycles. The van der Waals surface area contributed by atoms with E-state index in [0.29, 0.717) is 39.9 Å². The summed E-state index contributed by atoms with van der Waals surface area (Å²) >= 11 is 3.43. The van der Waals surface area contributed by atoms with Crippen molar-refractivity contribution in [2.75, 3.05) is 28.6 Å². The fourth-order valence-corrected chi connectivity index (χ4v) is 5.13. The Labute approximate surface area is 267 Å². The van der Waals surface area contributed by atoms with Gasteiger partial charge in [0, 0.05) is 40.2 Å². The van der Waals surface area contributed by atoms with Gasteiger partial charge in [-0.3, -0.25) is 4.79 Å². The number of hydrogen-bond acceptors (Lipinski definition) is 7. The van der Waals surface area contributed by atoms with E-state index in [1.807, 2.05) is 48.5 Å². The minimum Gasteiger partial charge on any atom is -0.455 e. The van der Waals surface area contributed by atoms with Crippen molar-refractivity contribution in [3.05, 3.63) is 101 Å². The van der Waals surface area contributed by atoms with Crippen molar-refractivity contribution in [2.24, 2.45) is 0 Å². The minimum absolute atomic E-state index is 0.242. The zero-order chi connectivity index (χ0) is 31.1. The molecule has 3 aromatic carbocycles. The average Bonchev–Trinajstić information content (AvgIpc) is 3.03. The Bertz CT molecular complexity index is 1720. The molecule has 0 fully saturated rings. The van der Waals surface area contributed by atoms with Gasteiger partial charge in [-0.25, -0.2) is 15.0 Å². The van der Waals surface area contributed by atoms with E-state index in [1.165, 1.54) is 12.0 Å². The number of aromatic nitrogens is 3. The number of benzene rings is 3. The first-order chi connectivity index (χ1) is 21.3. The smallest absolute Gasteiger partial charge is 0.255 e. The highest BCUT2D eigenvalue weighted by atomic mass is 79.9. The number of ether oxygens (including phenoxy) is 1. The molecule has 9 heteroatoms. The molecule has 44 heavy (non-hydrogen) atoms. The van der Waals surface area contributed by atoms with Crippen LogP contribution in [0.3, 0.4) is 0 Å². The van der Waals surface area contributed by atoms with Crippen molar-refractivity contribution in [1.29, 1.82) is 0 Å². The van der Waals surface area contributed by atoms with Crippen LogP contribution in [0.5, 0.6) is 11.5 Å². The highest BCUT2D eigenvalue weighted by Gasteiger charge is 2.16. The average molecular weight is 654 g/mol. The van der Waals surface area contributed by atoms with Crippen LogP contribution in [0, 0.1) is 0 Å². The van der Waals surface area contributed by atoms with E-state index in [-0.39, 0.29) is 11.8 Å². The van der Waals surface area contributed by atoms with Crippen LogP contribution in [0.2, 0.25) is 0 Å². The van der Waals surface area contributed by atoms with Gasteiger partial charge in [0.15, 0.2) is 11.4 Å². The van der Waals surface area contributed by atoms with Gasteiger partial charge in [-0.05, 0) is 97.6 Å². The number of hydrogen-bond donors (Lipinski definition) is 2. The van der Waals surface area contributed by atoms with Gasteiger partial charge in [0.2, 0.25) is 0 Å². The zero-order valence-corrected chi connectivity index (χ0v) is 27.1. The molecule has 0 radical (unpaired) electrons. The molecule has 1 amide bonds. The quantitative estimate of drug-likeness (QED) is 0.139. The lowest BCUT2D eigenvalue weighted by Gasteiger charge is -2.24. The fourth-order valence-electron chi connectivity index (χ4n) is 4.86. The number of carbonyl (C=O) groups is 1. The SMILES string of the molecule is CCCN(CCC)c1ccc(Oc2ccc(C(=O)Nc3ccc(Br)cc3)cc2Nc2ncnc3nc(C(C)C)ccc23)cc1. The van der Waals surface area contributed by atoms with E-state index in [1.54, 1.807) is 18.2 Å². The number of carbonyl (C=O) groups excluding carboxylic acids is 1. The van der Waals surface area contributed by atoms with Gasteiger partial charge in [0.1, 0.15) is 17.9 Å². The van der Waals surface area contributed by atoms with Gasteiger partial charge < -0.3 is 20.3 Å². The molecule has 0 bridgehead atoms. The van der Waals surface area contributed by atoms with Crippen LogP contribution in [0.4, 0.5) is 22.9 Å². The number of anilines is 4. The van der Waals surface area contributed by atoms with Crippen LogP contribution in [0.15, 0.2) is 89.7 Å². The standard InChI is InChI=1S/C35H37BrN6O2/c1-5-19-42(20-6-2)27-12-14-28(15-13-27)44-32-18-7-24(35(43)39-26-10-8-25(36)9-11-26)21-31(32)41-34-29-16-17-30(23(3)4)40-33(29)37-22-38-34/h7-18,21-23H,5-6,19-20H2,1-4H3,(H,39,43)(H,37,38,40,41). The summed E-state index contributed by atoms with van der Waals surface area (Å²) in [7, 11) is 0. The molecule has 5 aromatic rings. The van der Waals surface area contributed by atoms with Crippen molar-refractivity contribution in [3.8, 4) is 11.5 Å². The van der Waals surface area contributed by atoms with Crippen molar-refractivity contribution >= 4 is 55.8 Å². The lowest BCUT2D eigenvalue weighted by Crippen LogP contribution is -2.24. The summed E-state index contributed by atoms with van der Waals surface area (Å²) in [4.78, 5) is 29.3. The first kappa shape index (κ1) is 30.9. The first-order valence-electron chi connectivity index (χ1n) is 15.0. The van der Waals surface area contributed by atoms with Gasteiger partial charge >= 0.3 is 0 Å². The second-order valence-corrected chi connectivity index (χ2v) is 11.8. The number of nitrogens with zero attached hydrogens (tertiary/aromatic N) is 4. The summed E-state index contributed by atoms with van der Waals surface area (Å²) in [5, 5.41) is 7.13. The molecule has 0 aliphatic rings. The zero-order valence-electron chi connectivity index (χ0n) is 25.5. The van der Waals surface area contributed by atoms with Gasteiger partial charge in [0.05, 0.1) is 11.1 Å². The van der Waals surface area contributed by atoms with E-state index in [9.17, 15) is 4.79 Å². The van der Waals surface area contributed by atoms with E-state index in [2.05, 4.69) is 81.3 Å². The Kier molecular flexibility index (Phi) is 10.1. The van der Waals surface area contributed by atoms with Crippen molar-refractivity contribution in [1.82, 2.24) is 15.0 Å². The molecule has 0 atom stereocenters. The molecular formula is C35H37BrN6O2. The summed E-state index contributed by atoms with van der Waals surface area (Å²) in [6.45, 7) is 10.6. The maximum absolute atomic E-state index is 13.3. The Hall–Kier alpha value is -4.50. The first-order valence-corrected chi connectivity index (χ1v) is 15.8. The molecule has 2 N–H and O–H groups in total. The molecule has 0 unspecified atom stereocenters. The van der Waals surface area contributed by atoms with Crippen LogP contribution in [0.1, 0.15) is 62.5 Å². The van der Waals surface area contributed by atoms with Gasteiger partial charge in [0.25, 0.3) is 5.91 Å². The number of fused-ring (bicyclic) bond motifs is 1. The van der Waals surface area contributed by atoms with Gasteiger partial charge in [-0.15, -0.1) is 0 Å². The Balaban J connectivity index is 1.47. The maximum atomic E-state index is 13.3. The van der Waals surface area contributed by atoms with E-state index < -0.39 is 0 Å². The molecule has 0 spiro atoms. The maximum Gasteiger partial charge on any atom is 0.255 e. The largest absolute Gasteiger partial charge is 0.455 e. The molecule has 2 aromatic heterocycles. The summed E-state index contributed by atoms with van der Waals surface area (Å²) < 4.78 is 7.33. The number of nitrogens with one attached hydrogen (secondary N) is 2. The van der Waals surface area contributed by atoms with Crippen LogP contribution < -0.4 is 20.3 Å². The van der Waals surface area contributed by atoms with E-state index >= 15 is 0 Å². The molecular weight excluding hydrogens is 616 g/mol. The van der Waals surface area contributed by atoms with Crippen LogP contribution in [0.25, 0.3) is 11.0 Å². The van der Waals surface area contributed by atoms with Gasteiger partial charge in [-0.2, -0.15) is 0 Å². The Morgan fingerprint density at radius 2 is 1.64 bits per heavy atom. The molecule has 8 nitrogen and oxygen atoms in total. The second kappa shape index (κ2) is 14.3. The Morgan fingerprint density at radius 1 is 0.909 bits per heavy atom. The number of pyridine rings is 1. The van der Waals surface area contributed by atoms with Crippen LogP contribution in [-0.4, -0.2) is 33.9 Å². The molecule has 0 saturated heterocycles. The highest BCUT2D eigenvalue weighted by molar-refractivity contribution is 9.10. The highest BCUT2D eigenvalue weighted by Crippen LogP contribution is 2.35. The molecule has 5 rings (SSSR count). The summed E-state index contributed by atoms with van der Waals surface area (Å²) in [5.41, 5.74) is 4.47. The Morgan fingerprint density at radius 3 is 2.32 bits per heavy atom. The number of amides is 1. The summed E-state index contributed by atoms with van der Waals surface area (Å²) in [6, 6.07) is 24.9. The third-order valence-corrected chi connectivity index (χ3v) is 7.65. The van der Waals surface area contributed by atoms with Crippen molar-refractivity contribution < 1.29 is 9.53 Å². The lowest BCUT2D eigenvalue weighted by atomic mass is 10.1. The topological polar surface area (TPSA) is 92.3 Å². The number of rotatable bonds is 12. The van der Waals surface area contributed by atoms with Crippen LogP contribution in [-0.2, 0) is 0 Å². The molecule has 2 heterocycles.